The second kappa shape index (κ2) is 7.78. The van der Waals surface area contributed by atoms with Crippen LogP contribution in [0.25, 0.3) is 0 Å². The number of rotatable bonds is 6. The molecule has 2 aromatic rings. The van der Waals surface area contributed by atoms with Crippen LogP contribution in [0.4, 0.5) is 0 Å². The Morgan fingerprint density at radius 2 is 1.97 bits per heavy atom. The lowest BCUT2D eigenvalue weighted by Gasteiger charge is -2.27. The summed E-state index contributed by atoms with van der Waals surface area (Å²) in [6.45, 7) is -0.0216. The van der Waals surface area contributed by atoms with Gasteiger partial charge >= 0.3 is 0 Å². The molecule has 0 bridgehead atoms. The molecule has 0 aliphatic carbocycles. The minimum atomic E-state index is -1.03. The molecule has 1 aromatic heterocycles. The molecule has 1 saturated heterocycles. The lowest BCUT2D eigenvalue weighted by molar-refractivity contribution is -0.136. The summed E-state index contributed by atoms with van der Waals surface area (Å²) >= 11 is 0. The van der Waals surface area contributed by atoms with Gasteiger partial charge in [-0.1, -0.05) is 0 Å². The zero-order valence-corrected chi connectivity index (χ0v) is 15.6. The average molecular weight is 411 g/mol. The van der Waals surface area contributed by atoms with Crippen LogP contribution in [0.1, 0.15) is 39.3 Å². The number of aromatic amines is 1. The van der Waals surface area contributed by atoms with E-state index in [-0.39, 0.29) is 48.8 Å². The second-order valence-electron chi connectivity index (χ2n) is 6.80. The van der Waals surface area contributed by atoms with E-state index < -0.39 is 29.7 Å². The maximum atomic E-state index is 12.8. The van der Waals surface area contributed by atoms with E-state index in [9.17, 15) is 24.0 Å². The normalized spacial score (nSPS) is 18.3. The Bertz CT molecular complexity index is 1050. The number of hydrogen-bond donors (Lipinski definition) is 3. The van der Waals surface area contributed by atoms with Gasteiger partial charge in [0.25, 0.3) is 17.7 Å². The van der Waals surface area contributed by atoms with E-state index in [1.54, 1.807) is 12.3 Å². The summed E-state index contributed by atoms with van der Waals surface area (Å²) in [6.07, 6.45) is 1.70. The summed E-state index contributed by atoms with van der Waals surface area (Å²) in [6, 6.07) is 4.94. The quantitative estimate of drug-likeness (QED) is 0.543. The minimum absolute atomic E-state index is 0.0475. The maximum Gasteiger partial charge on any atom is 0.262 e. The predicted octanol–water partition coefficient (Wildman–Crippen LogP) is -0.494. The molecule has 154 valence electrons. The fourth-order valence-electron chi connectivity index (χ4n) is 3.32. The van der Waals surface area contributed by atoms with E-state index in [0.717, 1.165) is 10.6 Å². The van der Waals surface area contributed by atoms with Crippen LogP contribution in [0.15, 0.2) is 30.5 Å². The number of nitrogens with one attached hydrogen (secondary N) is 3. The fourth-order valence-corrected chi connectivity index (χ4v) is 3.32. The van der Waals surface area contributed by atoms with Crippen LogP contribution in [0.5, 0.6) is 5.75 Å². The molecule has 0 saturated carbocycles. The van der Waals surface area contributed by atoms with E-state index in [0.29, 0.717) is 0 Å². The SMILES string of the molecule is O=C(COc1ccc2c(c1)C(=O)N(C1CCC(=O)NC1=O)C2=O)NCc1ccn[nH]1. The largest absolute Gasteiger partial charge is 0.484 e. The van der Waals surface area contributed by atoms with Gasteiger partial charge in [-0.25, -0.2) is 0 Å². The third kappa shape index (κ3) is 3.64. The molecule has 11 nitrogen and oxygen atoms in total. The number of amides is 5. The first-order valence-electron chi connectivity index (χ1n) is 9.17. The Morgan fingerprint density at radius 3 is 2.70 bits per heavy atom. The van der Waals surface area contributed by atoms with Crippen molar-refractivity contribution in [2.75, 3.05) is 6.61 Å². The van der Waals surface area contributed by atoms with E-state index in [1.807, 2.05) is 0 Å². The van der Waals surface area contributed by atoms with Gasteiger partial charge in [0.2, 0.25) is 11.8 Å². The molecule has 11 heteroatoms. The van der Waals surface area contributed by atoms with Crippen molar-refractivity contribution in [1.29, 1.82) is 0 Å². The molecular formula is C19H17N5O6. The summed E-state index contributed by atoms with van der Waals surface area (Å²) in [5.41, 5.74) is 0.958. The van der Waals surface area contributed by atoms with Gasteiger partial charge in [0.1, 0.15) is 11.8 Å². The predicted molar refractivity (Wildman–Crippen MR) is 99.0 cm³/mol. The van der Waals surface area contributed by atoms with Crippen molar-refractivity contribution in [2.45, 2.75) is 25.4 Å². The van der Waals surface area contributed by atoms with Crippen molar-refractivity contribution in [3.05, 3.63) is 47.3 Å². The number of H-pyrrole nitrogens is 1. The van der Waals surface area contributed by atoms with Gasteiger partial charge in [-0.2, -0.15) is 5.10 Å². The van der Waals surface area contributed by atoms with Gasteiger partial charge in [-0.3, -0.25) is 39.3 Å². The van der Waals surface area contributed by atoms with E-state index in [4.69, 9.17) is 4.74 Å². The number of piperidine rings is 1. The van der Waals surface area contributed by atoms with Crippen LogP contribution >= 0.6 is 0 Å². The number of benzene rings is 1. The topological polar surface area (TPSA) is 151 Å². The number of imide groups is 2. The van der Waals surface area contributed by atoms with Crippen molar-refractivity contribution >= 4 is 29.5 Å². The highest BCUT2D eigenvalue weighted by atomic mass is 16.5. The monoisotopic (exact) mass is 411 g/mol. The fraction of sp³-hybridized carbons (Fsp3) is 0.263. The van der Waals surface area contributed by atoms with Crippen LogP contribution in [-0.4, -0.2) is 57.3 Å². The van der Waals surface area contributed by atoms with Crippen LogP contribution in [-0.2, 0) is 20.9 Å². The molecule has 1 unspecified atom stereocenters. The van der Waals surface area contributed by atoms with Crippen LogP contribution in [0.3, 0.4) is 0 Å². The number of nitrogens with zero attached hydrogens (tertiary/aromatic N) is 2. The molecule has 5 amide bonds. The maximum absolute atomic E-state index is 12.8. The van der Waals surface area contributed by atoms with Gasteiger partial charge in [0.05, 0.1) is 23.4 Å². The van der Waals surface area contributed by atoms with Crippen molar-refractivity contribution in [3.8, 4) is 5.75 Å². The molecular weight excluding hydrogens is 394 g/mol. The summed E-state index contributed by atoms with van der Waals surface area (Å²) in [7, 11) is 0. The molecule has 3 heterocycles. The van der Waals surface area contributed by atoms with Crippen molar-refractivity contribution in [1.82, 2.24) is 25.7 Å². The summed E-state index contributed by atoms with van der Waals surface area (Å²) < 4.78 is 5.42. The molecule has 1 fully saturated rings. The highest BCUT2D eigenvalue weighted by Gasteiger charge is 2.44. The van der Waals surface area contributed by atoms with Crippen LogP contribution in [0, 0.1) is 0 Å². The molecule has 0 spiro atoms. The molecule has 1 aromatic carbocycles. The molecule has 0 radical (unpaired) electrons. The van der Waals surface area contributed by atoms with Gasteiger partial charge in [0.15, 0.2) is 6.61 Å². The zero-order valence-electron chi connectivity index (χ0n) is 15.6. The first kappa shape index (κ1) is 19.3. The van der Waals surface area contributed by atoms with E-state index >= 15 is 0 Å². The Kier molecular flexibility index (Phi) is 5.00. The molecule has 3 N–H and O–H groups in total. The Labute approximate surface area is 169 Å². The first-order valence-corrected chi connectivity index (χ1v) is 9.17. The van der Waals surface area contributed by atoms with Crippen LogP contribution < -0.4 is 15.4 Å². The second-order valence-corrected chi connectivity index (χ2v) is 6.80. The van der Waals surface area contributed by atoms with Gasteiger partial charge in [-0.15, -0.1) is 0 Å². The Balaban J connectivity index is 1.41. The lowest BCUT2D eigenvalue weighted by atomic mass is 10.0. The number of aromatic nitrogens is 2. The highest BCUT2D eigenvalue weighted by Crippen LogP contribution is 2.30. The number of carbonyl (C=O) groups excluding carboxylic acids is 5. The average Bonchev–Trinajstić information content (AvgIpc) is 3.33. The molecule has 1 atom stereocenters. The van der Waals surface area contributed by atoms with E-state index in [1.165, 1.54) is 18.2 Å². The lowest BCUT2D eigenvalue weighted by Crippen LogP contribution is -2.54. The highest BCUT2D eigenvalue weighted by molar-refractivity contribution is 6.23. The number of carbonyl (C=O) groups is 5. The van der Waals surface area contributed by atoms with Crippen molar-refractivity contribution in [3.63, 3.8) is 0 Å². The third-order valence-corrected chi connectivity index (χ3v) is 4.82. The number of fused-ring (bicyclic) bond motifs is 1. The van der Waals surface area contributed by atoms with Gasteiger partial charge < -0.3 is 10.1 Å². The van der Waals surface area contributed by atoms with Gasteiger partial charge in [0, 0.05) is 12.6 Å². The van der Waals surface area contributed by atoms with Crippen LogP contribution in [0.2, 0.25) is 0 Å². The molecule has 2 aliphatic heterocycles. The van der Waals surface area contributed by atoms with Crippen molar-refractivity contribution < 1.29 is 28.7 Å². The van der Waals surface area contributed by atoms with Gasteiger partial charge in [-0.05, 0) is 30.7 Å². The van der Waals surface area contributed by atoms with E-state index in [2.05, 4.69) is 20.8 Å². The first-order chi connectivity index (χ1) is 14.4. The molecule has 30 heavy (non-hydrogen) atoms. The number of ether oxygens (including phenoxy) is 1. The number of hydrogen-bond acceptors (Lipinski definition) is 7. The Morgan fingerprint density at radius 1 is 1.17 bits per heavy atom. The summed E-state index contributed by atoms with van der Waals surface area (Å²) in [5, 5.41) is 11.3. The molecule has 4 rings (SSSR count). The minimum Gasteiger partial charge on any atom is -0.484 e. The molecule has 2 aliphatic rings. The summed E-state index contributed by atoms with van der Waals surface area (Å²) in [4.78, 5) is 61.6. The summed E-state index contributed by atoms with van der Waals surface area (Å²) in [5.74, 6) is -2.50. The zero-order chi connectivity index (χ0) is 21.3. The smallest absolute Gasteiger partial charge is 0.262 e. The Hall–Kier alpha value is -4.02. The third-order valence-electron chi connectivity index (χ3n) is 4.82. The van der Waals surface area contributed by atoms with Crippen molar-refractivity contribution in [2.24, 2.45) is 0 Å². The standard InChI is InChI=1S/C19H17N5O6/c25-15-4-3-14(17(27)22-15)24-18(28)12-2-1-11(7-13(12)19(24)29)30-9-16(26)20-8-10-5-6-21-23-10/h1-2,5-7,14H,3-4,8-9H2,(H,20,26)(H,21,23)(H,22,25,27).